The van der Waals surface area contributed by atoms with Crippen molar-refractivity contribution in [3.63, 3.8) is 0 Å². The standard InChI is InChI=1S/C7H18BN5/c1-2-3(9)4(10)5(11)6(12)7(2)13-8/h3-6,13H,8-12H2,1H3/t3?,4?,5?,6-/m0/s1. The van der Waals surface area contributed by atoms with E-state index in [0.717, 1.165) is 11.3 Å². The van der Waals surface area contributed by atoms with E-state index in [-0.39, 0.29) is 24.2 Å². The summed E-state index contributed by atoms with van der Waals surface area (Å²) in [6.07, 6.45) is 0. The first-order valence-corrected chi connectivity index (χ1v) is 4.41. The highest BCUT2D eigenvalue weighted by Gasteiger charge is 2.35. The van der Waals surface area contributed by atoms with E-state index in [9.17, 15) is 0 Å². The lowest BCUT2D eigenvalue weighted by molar-refractivity contribution is 0.400. The lowest BCUT2D eigenvalue weighted by atomic mass is 9.82. The van der Waals surface area contributed by atoms with Crippen LogP contribution >= 0.6 is 0 Å². The van der Waals surface area contributed by atoms with Gasteiger partial charge in [-0.2, -0.15) is 0 Å². The van der Waals surface area contributed by atoms with Gasteiger partial charge in [-0.25, -0.2) is 0 Å². The Hall–Kier alpha value is -0.555. The fourth-order valence-corrected chi connectivity index (χ4v) is 1.77. The minimum absolute atomic E-state index is 0.197. The first-order chi connectivity index (χ1) is 6.00. The van der Waals surface area contributed by atoms with E-state index in [1.165, 1.54) is 0 Å². The second-order valence-corrected chi connectivity index (χ2v) is 3.55. The van der Waals surface area contributed by atoms with Gasteiger partial charge in [-0.05, 0) is 12.5 Å². The van der Waals surface area contributed by atoms with E-state index < -0.39 is 0 Å². The quantitative estimate of drug-likeness (QED) is 0.273. The molecule has 0 radical (unpaired) electrons. The van der Waals surface area contributed by atoms with Crippen LogP contribution in [0.25, 0.3) is 0 Å². The third-order valence-electron chi connectivity index (χ3n) is 2.80. The molecule has 1 rings (SSSR count). The fourth-order valence-electron chi connectivity index (χ4n) is 1.77. The summed E-state index contributed by atoms with van der Waals surface area (Å²) in [4.78, 5) is 0. The van der Waals surface area contributed by atoms with Crippen LogP contribution in [0.15, 0.2) is 11.3 Å². The monoisotopic (exact) mass is 183 g/mol. The summed E-state index contributed by atoms with van der Waals surface area (Å²) in [5.41, 5.74) is 25.4. The molecule has 0 saturated carbocycles. The molecule has 0 aromatic rings. The van der Waals surface area contributed by atoms with Crippen molar-refractivity contribution < 1.29 is 0 Å². The first kappa shape index (κ1) is 10.5. The van der Waals surface area contributed by atoms with Crippen LogP contribution in [0.1, 0.15) is 6.92 Å². The summed E-state index contributed by atoms with van der Waals surface area (Å²) in [5.74, 6) is 0. The van der Waals surface area contributed by atoms with Crippen LogP contribution in [0.2, 0.25) is 0 Å². The van der Waals surface area contributed by atoms with Crippen LogP contribution in [0.4, 0.5) is 0 Å². The SMILES string of the molecule is BNC1=C(C)C(N)C(N)C(N)[C@@H]1N. The Morgan fingerprint density at radius 1 is 1.08 bits per heavy atom. The molecule has 13 heavy (non-hydrogen) atoms. The number of hydrogen-bond donors (Lipinski definition) is 5. The van der Waals surface area contributed by atoms with Gasteiger partial charge in [0.05, 0.1) is 6.04 Å². The zero-order valence-corrected chi connectivity index (χ0v) is 8.12. The number of nitrogens with two attached hydrogens (primary N) is 4. The Labute approximate surface area is 79.3 Å². The average Bonchev–Trinajstić information content (AvgIpc) is 2.13. The van der Waals surface area contributed by atoms with Crippen molar-refractivity contribution in [1.29, 1.82) is 0 Å². The minimum Gasteiger partial charge on any atom is -0.436 e. The van der Waals surface area contributed by atoms with E-state index in [1.54, 1.807) is 0 Å². The molecule has 9 N–H and O–H groups in total. The Kier molecular flexibility index (Phi) is 2.97. The summed E-state index contributed by atoms with van der Waals surface area (Å²) < 4.78 is 0. The molecule has 0 amide bonds. The number of nitrogens with one attached hydrogen (secondary N) is 1. The van der Waals surface area contributed by atoms with Gasteiger partial charge in [0.25, 0.3) is 0 Å². The van der Waals surface area contributed by atoms with Gasteiger partial charge in [-0.15, -0.1) is 0 Å². The Morgan fingerprint density at radius 3 is 2.00 bits per heavy atom. The molecule has 1 aliphatic rings. The molecule has 1 aliphatic carbocycles. The van der Waals surface area contributed by atoms with Crippen LogP contribution in [-0.4, -0.2) is 32.1 Å². The molecule has 0 aromatic carbocycles. The third kappa shape index (κ3) is 1.58. The maximum absolute atomic E-state index is 5.90. The smallest absolute Gasteiger partial charge is 0.213 e. The van der Waals surface area contributed by atoms with Gasteiger partial charge in [0.2, 0.25) is 7.98 Å². The van der Waals surface area contributed by atoms with Crippen molar-refractivity contribution in [2.75, 3.05) is 0 Å². The van der Waals surface area contributed by atoms with Crippen LogP contribution < -0.4 is 28.2 Å². The first-order valence-electron chi connectivity index (χ1n) is 4.41. The van der Waals surface area contributed by atoms with Gasteiger partial charge in [0, 0.05) is 23.8 Å². The molecule has 6 heteroatoms. The zero-order valence-electron chi connectivity index (χ0n) is 8.12. The summed E-state index contributed by atoms with van der Waals surface area (Å²) in [7, 11) is 1.81. The summed E-state index contributed by atoms with van der Waals surface area (Å²) in [6, 6.07) is -0.967. The van der Waals surface area contributed by atoms with Crippen molar-refractivity contribution >= 4 is 7.98 Å². The largest absolute Gasteiger partial charge is 0.436 e. The molecule has 5 nitrogen and oxygen atoms in total. The second-order valence-electron chi connectivity index (χ2n) is 3.55. The number of hydrogen-bond acceptors (Lipinski definition) is 5. The molecule has 0 fully saturated rings. The molecular formula is C7H18BN5. The van der Waals surface area contributed by atoms with Gasteiger partial charge in [-0.3, -0.25) is 0 Å². The van der Waals surface area contributed by atoms with Gasteiger partial charge < -0.3 is 28.2 Å². The van der Waals surface area contributed by atoms with E-state index in [1.807, 2.05) is 14.9 Å². The molecule has 0 bridgehead atoms. The van der Waals surface area contributed by atoms with Gasteiger partial charge >= 0.3 is 0 Å². The fraction of sp³-hybridized carbons (Fsp3) is 0.714. The van der Waals surface area contributed by atoms with E-state index in [4.69, 9.17) is 22.9 Å². The zero-order chi connectivity index (χ0) is 10.2. The minimum atomic E-state index is -0.277. The Bertz CT molecular complexity index is 229. The molecule has 74 valence electrons. The molecule has 3 unspecified atom stereocenters. The normalized spacial score (nSPS) is 40.7. The van der Waals surface area contributed by atoms with Crippen LogP contribution in [0.3, 0.4) is 0 Å². The molecular weight excluding hydrogens is 165 g/mol. The average molecular weight is 183 g/mol. The van der Waals surface area contributed by atoms with Crippen molar-refractivity contribution in [3.8, 4) is 0 Å². The van der Waals surface area contributed by atoms with Crippen LogP contribution in [0.5, 0.6) is 0 Å². The third-order valence-corrected chi connectivity index (χ3v) is 2.80. The molecule has 0 heterocycles. The molecule has 0 aliphatic heterocycles. The lowest BCUT2D eigenvalue weighted by Gasteiger charge is -2.38. The lowest BCUT2D eigenvalue weighted by Crippen LogP contribution is -2.65. The highest BCUT2D eigenvalue weighted by Crippen LogP contribution is 2.19. The highest BCUT2D eigenvalue weighted by molar-refractivity contribution is 6.05. The number of rotatable bonds is 1. The van der Waals surface area contributed by atoms with Crippen molar-refractivity contribution in [1.82, 2.24) is 5.23 Å². The molecule has 0 spiro atoms. The van der Waals surface area contributed by atoms with Crippen molar-refractivity contribution in [3.05, 3.63) is 11.3 Å². The molecule has 4 atom stereocenters. The van der Waals surface area contributed by atoms with Gasteiger partial charge in [-0.1, -0.05) is 0 Å². The van der Waals surface area contributed by atoms with Crippen molar-refractivity contribution in [2.45, 2.75) is 31.1 Å². The van der Waals surface area contributed by atoms with E-state index in [2.05, 4.69) is 5.23 Å². The van der Waals surface area contributed by atoms with Gasteiger partial charge in [0.15, 0.2) is 0 Å². The maximum Gasteiger partial charge on any atom is 0.213 e. The van der Waals surface area contributed by atoms with Crippen LogP contribution in [0, 0.1) is 0 Å². The van der Waals surface area contributed by atoms with Crippen LogP contribution in [-0.2, 0) is 0 Å². The topological polar surface area (TPSA) is 116 Å². The maximum atomic E-state index is 5.90. The predicted octanol–water partition coefficient (Wildman–Crippen LogP) is -3.28. The molecule has 0 saturated heterocycles. The van der Waals surface area contributed by atoms with E-state index in [0.29, 0.717) is 0 Å². The molecule has 0 aromatic heterocycles. The summed E-state index contributed by atoms with van der Waals surface area (Å²) >= 11 is 0. The summed E-state index contributed by atoms with van der Waals surface area (Å²) in [6.45, 7) is 1.93. The Balaban J connectivity index is 3.03. The van der Waals surface area contributed by atoms with Crippen molar-refractivity contribution in [2.24, 2.45) is 22.9 Å². The highest BCUT2D eigenvalue weighted by atomic mass is 15.0. The summed E-state index contributed by atoms with van der Waals surface area (Å²) in [5, 5.41) is 3.02. The van der Waals surface area contributed by atoms with Gasteiger partial charge in [0.1, 0.15) is 0 Å². The second kappa shape index (κ2) is 3.67. The Morgan fingerprint density at radius 2 is 1.54 bits per heavy atom. The van der Waals surface area contributed by atoms with E-state index >= 15 is 0 Å². The predicted molar refractivity (Wildman–Crippen MR) is 56.3 cm³/mol.